The van der Waals surface area contributed by atoms with E-state index in [1.807, 2.05) is 26.0 Å². The van der Waals surface area contributed by atoms with Crippen LogP contribution >= 0.6 is 0 Å². The molecule has 4 rings (SSSR count). The van der Waals surface area contributed by atoms with Crippen molar-refractivity contribution in [2.24, 2.45) is 0 Å². The molecule has 1 aliphatic heterocycles. The summed E-state index contributed by atoms with van der Waals surface area (Å²) in [5.41, 5.74) is 1.97. The fourth-order valence-electron chi connectivity index (χ4n) is 4.10. The monoisotopic (exact) mass is 354 g/mol. The smallest absolute Gasteiger partial charge is 0.336 e. The van der Waals surface area contributed by atoms with Crippen LogP contribution in [0.15, 0.2) is 27.4 Å². The molecule has 1 aromatic heterocycles. The van der Waals surface area contributed by atoms with Gasteiger partial charge in [0, 0.05) is 11.5 Å². The molecule has 1 aliphatic carbocycles. The number of benzene rings is 1. The van der Waals surface area contributed by atoms with Crippen molar-refractivity contribution in [3.63, 3.8) is 0 Å². The van der Waals surface area contributed by atoms with Crippen LogP contribution in [0.3, 0.4) is 0 Å². The number of hydrogen-bond donors (Lipinski definition) is 1. The number of fused-ring (bicyclic) bond motifs is 1. The maximum Gasteiger partial charge on any atom is 0.336 e. The third-order valence-corrected chi connectivity index (χ3v) is 5.73. The average molecular weight is 354 g/mol. The van der Waals surface area contributed by atoms with Crippen molar-refractivity contribution in [3.05, 3.63) is 45.3 Å². The van der Waals surface area contributed by atoms with Gasteiger partial charge in [0.25, 0.3) is 5.91 Å². The van der Waals surface area contributed by atoms with Crippen LogP contribution < -0.4 is 10.9 Å². The van der Waals surface area contributed by atoms with Crippen LogP contribution in [-0.2, 0) is 11.3 Å². The topological polar surface area (TPSA) is 79.6 Å². The summed E-state index contributed by atoms with van der Waals surface area (Å²) in [5, 5.41) is 3.67. The Hall–Kier alpha value is -2.63. The van der Waals surface area contributed by atoms with Crippen molar-refractivity contribution < 1.29 is 14.0 Å². The Balaban J connectivity index is 1.73. The maximum absolute atomic E-state index is 13.0. The van der Waals surface area contributed by atoms with E-state index < -0.39 is 11.2 Å². The summed E-state index contributed by atoms with van der Waals surface area (Å²) in [6.07, 6.45) is 4.34. The molecule has 6 heteroatoms. The summed E-state index contributed by atoms with van der Waals surface area (Å²) in [6.45, 7) is 4.01. The number of urea groups is 1. The predicted molar refractivity (Wildman–Crippen MR) is 96.9 cm³/mol. The Morgan fingerprint density at radius 3 is 2.46 bits per heavy atom. The van der Waals surface area contributed by atoms with Gasteiger partial charge < -0.3 is 9.73 Å². The highest BCUT2D eigenvalue weighted by Crippen LogP contribution is 2.34. The molecule has 2 aromatic rings. The Bertz CT molecular complexity index is 970. The van der Waals surface area contributed by atoms with Gasteiger partial charge in [0.2, 0.25) is 0 Å². The second-order valence-corrected chi connectivity index (χ2v) is 7.49. The van der Waals surface area contributed by atoms with Crippen molar-refractivity contribution in [2.45, 2.75) is 58.0 Å². The largest absolute Gasteiger partial charge is 0.423 e. The molecular formula is C20H22N2O4. The third-order valence-electron chi connectivity index (χ3n) is 5.73. The summed E-state index contributed by atoms with van der Waals surface area (Å²) in [6, 6.07) is 4.77. The lowest BCUT2D eigenvalue weighted by Gasteiger charge is -2.30. The molecule has 0 radical (unpaired) electrons. The molecule has 0 unspecified atom stereocenters. The number of amides is 3. The second kappa shape index (κ2) is 5.97. The molecule has 1 saturated heterocycles. The fourth-order valence-corrected chi connectivity index (χ4v) is 4.10. The van der Waals surface area contributed by atoms with E-state index in [0.29, 0.717) is 24.0 Å². The molecule has 2 aliphatic rings. The van der Waals surface area contributed by atoms with Gasteiger partial charge in [-0.1, -0.05) is 19.3 Å². The molecule has 0 atom stereocenters. The van der Waals surface area contributed by atoms with Crippen LogP contribution in [0.1, 0.15) is 48.8 Å². The number of rotatable bonds is 2. The molecule has 0 bridgehead atoms. The zero-order valence-electron chi connectivity index (χ0n) is 15.1. The molecule has 136 valence electrons. The molecule has 2 heterocycles. The highest BCUT2D eigenvalue weighted by molar-refractivity contribution is 6.07. The van der Waals surface area contributed by atoms with Crippen LogP contribution in [0.25, 0.3) is 11.0 Å². The van der Waals surface area contributed by atoms with Gasteiger partial charge in [-0.05, 0) is 55.5 Å². The third kappa shape index (κ3) is 2.60. The van der Waals surface area contributed by atoms with Gasteiger partial charge in [0.15, 0.2) is 0 Å². The molecule has 1 saturated carbocycles. The zero-order chi connectivity index (χ0) is 18.5. The maximum atomic E-state index is 13.0. The molecule has 3 amide bonds. The quantitative estimate of drug-likeness (QED) is 0.664. The first-order valence-corrected chi connectivity index (χ1v) is 9.08. The van der Waals surface area contributed by atoms with Crippen LogP contribution in [-0.4, -0.2) is 22.4 Å². The van der Waals surface area contributed by atoms with E-state index in [1.165, 1.54) is 11.0 Å². The van der Waals surface area contributed by atoms with Gasteiger partial charge in [0.05, 0.1) is 6.54 Å². The van der Waals surface area contributed by atoms with Crippen LogP contribution in [0, 0.1) is 13.8 Å². The van der Waals surface area contributed by atoms with Crippen LogP contribution in [0.5, 0.6) is 0 Å². The lowest BCUT2D eigenvalue weighted by atomic mass is 9.82. The summed E-state index contributed by atoms with van der Waals surface area (Å²) >= 11 is 0. The summed E-state index contributed by atoms with van der Waals surface area (Å²) in [7, 11) is 0. The summed E-state index contributed by atoms with van der Waals surface area (Å²) in [4.78, 5) is 38.7. The Labute approximate surface area is 151 Å². The molecule has 1 N–H and O–H groups in total. The number of nitrogens with zero attached hydrogens (tertiary/aromatic N) is 1. The van der Waals surface area contributed by atoms with E-state index in [4.69, 9.17) is 4.42 Å². The van der Waals surface area contributed by atoms with Crippen LogP contribution in [0.2, 0.25) is 0 Å². The van der Waals surface area contributed by atoms with E-state index in [0.717, 1.165) is 35.8 Å². The van der Waals surface area contributed by atoms with E-state index in [-0.39, 0.29) is 18.5 Å². The number of hydrogen-bond acceptors (Lipinski definition) is 4. The van der Waals surface area contributed by atoms with E-state index in [9.17, 15) is 14.4 Å². The average Bonchev–Trinajstić information content (AvgIpc) is 2.81. The Morgan fingerprint density at radius 1 is 1.04 bits per heavy atom. The minimum absolute atomic E-state index is 0.0804. The molecular weight excluding hydrogens is 332 g/mol. The number of nitrogens with one attached hydrogen (secondary N) is 1. The first-order valence-electron chi connectivity index (χ1n) is 9.08. The van der Waals surface area contributed by atoms with Crippen molar-refractivity contribution in [2.75, 3.05) is 0 Å². The second-order valence-electron chi connectivity index (χ2n) is 7.49. The Kier molecular flexibility index (Phi) is 3.86. The fraction of sp³-hybridized carbons (Fsp3) is 0.450. The summed E-state index contributed by atoms with van der Waals surface area (Å²) in [5.74, 6) is -0.174. The van der Waals surface area contributed by atoms with Crippen molar-refractivity contribution >= 4 is 22.9 Å². The number of aryl methyl sites for hydroxylation is 2. The lowest BCUT2D eigenvalue weighted by molar-refractivity contribution is -0.132. The first-order chi connectivity index (χ1) is 12.4. The van der Waals surface area contributed by atoms with Gasteiger partial charge in [-0.25, -0.2) is 9.59 Å². The number of carbonyl (C=O) groups excluding carboxylic acids is 2. The SMILES string of the molecule is Cc1cc2oc(=O)cc(CN3C(=O)NC4(CCCCC4)C3=O)c2cc1C. The lowest BCUT2D eigenvalue weighted by Crippen LogP contribution is -2.48. The van der Waals surface area contributed by atoms with E-state index in [2.05, 4.69) is 5.32 Å². The first kappa shape index (κ1) is 16.8. The Morgan fingerprint density at radius 2 is 1.73 bits per heavy atom. The number of imide groups is 1. The zero-order valence-corrected chi connectivity index (χ0v) is 15.1. The normalized spacial score (nSPS) is 19.4. The molecule has 26 heavy (non-hydrogen) atoms. The minimum atomic E-state index is -0.753. The molecule has 1 spiro atoms. The highest BCUT2D eigenvalue weighted by atomic mass is 16.4. The molecule has 1 aromatic carbocycles. The number of carbonyl (C=O) groups is 2. The van der Waals surface area contributed by atoms with Gasteiger partial charge >= 0.3 is 11.7 Å². The van der Waals surface area contributed by atoms with Crippen molar-refractivity contribution in [1.29, 1.82) is 0 Å². The standard InChI is InChI=1S/C20H22N2O4/c1-12-8-15-14(10-17(23)26-16(15)9-13(12)2)11-22-18(24)20(21-19(22)25)6-4-3-5-7-20/h8-10H,3-7,11H2,1-2H3,(H,21,25). The van der Waals surface area contributed by atoms with Gasteiger partial charge in [-0.15, -0.1) is 0 Å². The van der Waals surface area contributed by atoms with Gasteiger partial charge in [-0.2, -0.15) is 0 Å². The highest BCUT2D eigenvalue weighted by Gasteiger charge is 2.51. The van der Waals surface area contributed by atoms with Crippen molar-refractivity contribution in [1.82, 2.24) is 10.2 Å². The van der Waals surface area contributed by atoms with Gasteiger partial charge in [0.1, 0.15) is 11.1 Å². The van der Waals surface area contributed by atoms with Crippen molar-refractivity contribution in [3.8, 4) is 0 Å². The van der Waals surface area contributed by atoms with E-state index in [1.54, 1.807) is 0 Å². The molecule has 6 nitrogen and oxygen atoms in total. The van der Waals surface area contributed by atoms with E-state index >= 15 is 0 Å². The minimum Gasteiger partial charge on any atom is -0.423 e. The van der Waals surface area contributed by atoms with Crippen LogP contribution in [0.4, 0.5) is 4.79 Å². The summed E-state index contributed by atoms with van der Waals surface area (Å²) < 4.78 is 5.31. The molecule has 2 fully saturated rings. The predicted octanol–water partition coefficient (Wildman–Crippen LogP) is 3.16. The van der Waals surface area contributed by atoms with Gasteiger partial charge in [-0.3, -0.25) is 9.69 Å².